The lowest BCUT2D eigenvalue weighted by Gasteiger charge is -2.25. The zero-order valence-electron chi connectivity index (χ0n) is 16.9. The first-order valence-electron chi connectivity index (χ1n) is 9.53. The highest BCUT2D eigenvalue weighted by Crippen LogP contribution is 2.28. The van der Waals surface area contributed by atoms with Crippen molar-refractivity contribution in [3.05, 3.63) is 0 Å². The number of rotatable bonds is 13. The maximum atomic E-state index is 5.09. The second kappa shape index (κ2) is 15.0. The molecule has 0 bridgehead atoms. The van der Waals surface area contributed by atoms with E-state index in [1.165, 1.54) is 12.8 Å². The first-order valence-corrected chi connectivity index (χ1v) is 9.53. The van der Waals surface area contributed by atoms with Gasteiger partial charge in [-0.2, -0.15) is 0 Å². The van der Waals surface area contributed by atoms with Crippen LogP contribution < -0.4 is 10.6 Å². The molecule has 1 fully saturated rings. The molecule has 0 heterocycles. The molecule has 0 amide bonds. The van der Waals surface area contributed by atoms with Crippen LogP contribution >= 0.6 is 24.0 Å². The summed E-state index contributed by atoms with van der Waals surface area (Å²) in [7, 11) is 3.90. The molecule has 1 aliphatic rings. The van der Waals surface area contributed by atoms with Gasteiger partial charge in [-0.15, -0.1) is 24.0 Å². The zero-order chi connectivity index (χ0) is 17.8. The molecular formula is C18H40IN5O. The molecule has 1 aliphatic carbocycles. The molecule has 0 spiro atoms. The number of likely N-dealkylation sites (N-methyl/N-ethyl adjacent to an activating group) is 1. The van der Waals surface area contributed by atoms with Crippen molar-refractivity contribution >= 4 is 29.9 Å². The Morgan fingerprint density at radius 2 is 1.92 bits per heavy atom. The van der Waals surface area contributed by atoms with Gasteiger partial charge in [-0.05, 0) is 47.1 Å². The molecule has 0 unspecified atom stereocenters. The largest absolute Gasteiger partial charge is 0.385 e. The molecule has 0 aromatic heterocycles. The van der Waals surface area contributed by atoms with Crippen LogP contribution in [0, 0.1) is 0 Å². The van der Waals surface area contributed by atoms with Gasteiger partial charge in [0.2, 0.25) is 0 Å². The lowest BCUT2D eigenvalue weighted by molar-refractivity contribution is 0.180. The molecule has 0 aromatic rings. The fourth-order valence-electron chi connectivity index (χ4n) is 2.84. The average Bonchev–Trinajstić information content (AvgIpc) is 3.36. The molecule has 2 N–H and O–H groups in total. The molecule has 7 heteroatoms. The van der Waals surface area contributed by atoms with Crippen LogP contribution in [0.15, 0.2) is 4.99 Å². The number of hydrogen-bond acceptors (Lipinski definition) is 4. The topological polar surface area (TPSA) is 52.1 Å². The highest BCUT2D eigenvalue weighted by molar-refractivity contribution is 14.0. The zero-order valence-corrected chi connectivity index (χ0v) is 19.2. The molecular weight excluding hydrogens is 429 g/mol. The van der Waals surface area contributed by atoms with Crippen molar-refractivity contribution < 1.29 is 4.74 Å². The number of aliphatic imine (C=N–C) groups is 1. The Morgan fingerprint density at radius 1 is 1.20 bits per heavy atom. The molecule has 0 aliphatic heterocycles. The van der Waals surface area contributed by atoms with Gasteiger partial charge in [0.25, 0.3) is 0 Å². The van der Waals surface area contributed by atoms with Crippen LogP contribution in [0.3, 0.4) is 0 Å². The molecule has 25 heavy (non-hydrogen) atoms. The van der Waals surface area contributed by atoms with Gasteiger partial charge in [-0.3, -0.25) is 9.89 Å². The Morgan fingerprint density at radius 3 is 2.48 bits per heavy atom. The predicted molar refractivity (Wildman–Crippen MR) is 118 cm³/mol. The van der Waals surface area contributed by atoms with Crippen molar-refractivity contribution in [2.24, 2.45) is 4.99 Å². The van der Waals surface area contributed by atoms with Gasteiger partial charge in [0.15, 0.2) is 5.96 Å². The summed E-state index contributed by atoms with van der Waals surface area (Å²) in [6.45, 7) is 13.3. The van der Waals surface area contributed by atoms with E-state index < -0.39 is 0 Å². The number of nitrogens with one attached hydrogen (secondary N) is 2. The van der Waals surface area contributed by atoms with E-state index in [1.54, 1.807) is 7.11 Å². The highest BCUT2D eigenvalue weighted by atomic mass is 127. The summed E-state index contributed by atoms with van der Waals surface area (Å²) in [5.74, 6) is 0.933. The third kappa shape index (κ3) is 12.0. The summed E-state index contributed by atoms with van der Waals surface area (Å²) in [5.41, 5.74) is 0. The van der Waals surface area contributed by atoms with Gasteiger partial charge < -0.3 is 20.3 Å². The summed E-state index contributed by atoms with van der Waals surface area (Å²) in [6, 6.07) is 1.42. The second-order valence-electron chi connectivity index (χ2n) is 6.90. The first-order chi connectivity index (χ1) is 11.6. The Kier molecular flexibility index (Phi) is 14.9. The minimum Gasteiger partial charge on any atom is -0.385 e. The molecule has 1 rings (SSSR count). The Hall–Kier alpha value is -0.120. The van der Waals surface area contributed by atoms with Gasteiger partial charge >= 0.3 is 0 Å². The fourth-order valence-corrected chi connectivity index (χ4v) is 2.84. The van der Waals surface area contributed by atoms with Gasteiger partial charge in [0.05, 0.1) is 6.54 Å². The van der Waals surface area contributed by atoms with Crippen LogP contribution in [0.25, 0.3) is 0 Å². The van der Waals surface area contributed by atoms with E-state index in [0.29, 0.717) is 6.04 Å². The van der Waals surface area contributed by atoms with E-state index in [-0.39, 0.29) is 24.0 Å². The fraction of sp³-hybridized carbons (Fsp3) is 0.944. The smallest absolute Gasteiger partial charge is 0.191 e. The summed E-state index contributed by atoms with van der Waals surface area (Å²) >= 11 is 0. The summed E-state index contributed by atoms with van der Waals surface area (Å²) in [5, 5.41) is 6.78. The number of guanidine groups is 1. The van der Waals surface area contributed by atoms with E-state index in [2.05, 4.69) is 48.3 Å². The lowest BCUT2D eigenvalue weighted by Crippen LogP contribution is -2.42. The normalized spacial score (nSPS) is 15.0. The summed E-state index contributed by atoms with van der Waals surface area (Å²) in [4.78, 5) is 9.63. The number of hydrogen-bond donors (Lipinski definition) is 2. The van der Waals surface area contributed by atoms with Gasteiger partial charge in [0.1, 0.15) is 0 Å². The Bertz CT molecular complexity index is 348. The van der Waals surface area contributed by atoms with E-state index >= 15 is 0 Å². The lowest BCUT2D eigenvalue weighted by atomic mass is 10.3. The van der Waals surface area contributed by atoms with Crippen molar-refractivity contribution in [3.63, 3.8) is 0 Å². The van der Waals surface area contributed by atoms with E-state index in [9.17, 15) is 0 Å². The maximum absolute atomic E-state index is 5.09. The van der Waals surface area contributed by atoms with E-state index in [4.69, 9.17) is 9.73 Å². The molecule has 1 saturated carbocycles. The molecule has 0 aromatic carbocycles. The molecule has 6 nitrogen and oxygen atoms in total. The number of halogens is 1. The van der Waals surface area contributed by atoms with Crippen LogP contribution in [0.4, 0.5) is 0 Å². The SMILES string of the molecule is CCNC(=NCCN(C(C)C)C1CC1)NCCN(C)CCCOC.I. The van der Waals surface area contributed by atoms with Gasteiger partial charge in [-0.25, -0.2) is 0 Å². The van der Waals surface area contributed by atoms with Crippen molar-refractivity contribution in [1.82, 2.24) is 20.4 Å². The van der Waals surface area contributed by atoms with Crippen LogP contribution in [-0.2, 0) is 4.74 Å². The quantitative estimate of drug-likeness (QED) is 0.187. The minimum atomic E-state index is 0. The van der Waals surface area contributed by atoms with Gasteiger partial charge in [-0.1, -0.05) is 0 Å². The van der Waals surface area contributed by atoms with Crippen LogP contribution in [0.5, 0.6) is 0 Å². The summed E-state index contributed by atoms with van der Waals surface area (Å²) in [6.07, 6.45) is 3.79. The molecule has 0 saturated heterocycles. The monoisotopic (exact) mass is 469 g/mol. The van der Waals surface area contributed by atoms with Crippen LogP contribution in [-0.4, -0.2) is 87.9 Å². The van der Waals surface area contributed by atoms with Crippen molar-refractivity contribution in [1.29, 1.82) is 0 Å². The van der Waals surface area contributed by atoms with Crippen molar-refractivity contribution in [3.8, 4) is 0 Å². The Balaban J connectivity index is 0.00000576. The minimum absolute atomic E-state index is 0. The van der Waals surface area contributed by atoms with E-state index in [1.807, 2.05) is 0 Å². The van der Waals surface area contributed by atoms with Gasteiger partial charge in [0, 0.05) is 58.5 Å². The predicted octanol–water partition coefficient (Wildman–Crippen LogP) is 2.00. The van der Waals surface area contributed by atoms with E-state index in [0.717, 1.165) is 64.3 Å². The Labute approximate surface area is 172 Å². The van der Waals surface area contributed by atoms with Crippen molar-refractivity contribution in [2.75, 3.05) is 60.0 Å². The average molecular weight is 469 g/mol. The van der Waals surface area contributed by atoms with Crippen LogP contribution in [0.1, 0.15) is 40.0 Å². The molecule has 0 atom stereocenters. The number of ether oxygens (including phenoxy) is 1. The molecule has 0 radical (unpaired) electrons. The maximum Gasteiger partial charge on any atom is 0.191 e. The summed E-state index contributed by atoms with van der Waals surface area (Å²) < 4.78 is 5.09. The van der Waals surface area contributed by atoms with Crippen LogP contribution in [0.2, 0.25) is 0 Å². The standard InChI is InChI=1S/C18H39N5O.HI/c1-6-19-18(20-10-13-22(4)12-7-15-24-5)21-11-14-23(16(2)3)17-8-9-17;/h16-17H,6-15H2,1-5H3,(H2,19,20,21);1H. The third-order valence-corrected chi connectivity index (χ3v) is 4.33. The molecule has 150 valence electrons. The number of methoxy groups -OCH3 is 1. The second-order valence-corrected chi connectivity index (χ2v) is 6.90. The number of nitrogens with zero attached hydrogens (tertiary/aromatic N) is 3. The first kappa shape index (κ1) is 24.9. The van der Waals surface area contributed by atoms with Crippen molar-refractivity contribution in [2.45, 2.75) is 52.1 Å². The highest BCUT2D eigenvalue weighted by Gasteiger charge is 2.29. The third-order valence-electron chi connectivity index (χ3n) is 4.33.